The van der Waals surface area contributed by atoms with Crippen molar-refractivity contribution in [1.29, 1.82) is 0 Å². The van der Waals surface area contributed by atoms with Crippen molar-refractivity contribution in [2.75, 3.05) is 0 Å². The summed E-state index contributed by atoms with van der Waals surface area (Å²) in [7, 11) is -3.37. The maximum Gasteiger partial charge on any atom is 1.00 e. The molecular formula is C12H26Na2O3P+. The normalized spacial score (nSPS) is 8.44. The molecule has 0 bridgehead atoms. The standard InChI is InChI=1S/C12H26.2Na.HO3P/c1-3-5-7-9-11-12-10-8-6-4-2;;;1-4(2)3/h3-12H2,1-2H3;;;(H,1,2,3)/q;2*+1;/p-1. The van der Waals surface area contributed by atoms with E-state index in [4.69, 9.17) is 14.4 Å². The second kappa shape index (κ2) is 27.4. The van der Waals surface area contributed by atoms with E-state index < -0.39 is 8.25 Å². The van der Waals surface area contributed by atoms with Crippen molar-refractivity contribution >= 4 is 8.25 Å². The van der Waals surface area contributed by atoms with E-state index in [1.54, 1.807) is 0 Å². The van der Waals surface area contributed by atoms with Gasteiger partial charge in [0.25, 0.3) is 8.25 Å². The summed E-state index contributed by atoms with van der Waals surface area (Å²) in [5.74, 6) is 0. The Morgan fingerprint density at radius 1 is 0.667 bits per heavy atom. The van der Waals surface area contributed by atoms with E-state index in [1.165, 1.54) is 64.2 Å². The van der Waals surface area contributed by atoms with Crippen molar-refractivity contribution in [2.24, 2.45) is 0 Å². The van der Waals surface area contributed by atoms with Gasteiger partial charge in [0, 0.05) is 0 Å². The largest absolute Gasteiger partial charge is 1.00 e. The molecule has 0 saturated carbocycles. The molecule has 0 unspecified atom stereocenters. The van der Waals surface area contributed by atoms with Crippen molar-refractivity contribution in [2.45, 2.75) is 78.1 Å². The van der Waals surface area contributed by atoms with Gasteiger partial charge in [-0.05, 0) is 0 Å². The van der Waals surface area contributed by atoms with Gasteiger partial charge in [-0.3, -0.25) is 0 Å². The zero-order chi connectivity index (χ0) is 12.6. The fraction of sp³-hybridized carbons (Fsp3) is 1.00. The van der Waals surface area contributed by atoms with Crippen LogP contribution in [-0.2, 0) is 4.57 Å². The Kier molecular flexibility index (Phi) is 42.9. The zero-order valence-electron chi connectivity index (χ0n) is 12.7. The molecule has 0 saturated heterocycles. The predicted molar refractivity (Wildman–Crippen MR) is 65.1 cm³/mol. The van der Waals surface area contributed by atoms with Crippen LogP contribution in [0, 0.1) is 0 Å². The summed E-state index contributed by atoms with van der Waals surface area (Å²) in [6.07, 6.45) is 14.4. The summed E-state index contributed by atoms with van der Waals surface area (Å²) in [6, 6.07) is 0. The third kappa shape index (κ3) is 43.0. The molecule has 0 aliphatic heterocycles. The van der Waals surface area contributed by atoms with E-state index in [1.807, 2.05) is 0 Å². The summed E-state index contributed by atoms with van der Waals surface area (Å²) in [5.41, 5.74) is 0. The predicted octanol–water partition coefficient (Wildman–Crippen LogP) is -2.70. The van der Waals surface area contributed by atoms with Gasteiger partial charge in [0.2, 0.25) is 0 Å². The van der Waals surface area contributed by atoms with E-state index >= 15 is 0 Å². The number of hydrogen-bond donors (Lipinski definition) is 0. The number of unbranched alkanes of at least 4 members (excludes halogenated alkanes) is 9. The van der Waals surface area contributed by atoms with Gasteiger partial charge in [-0.25, -0.2) is 0 Å². The van der Waals surface area contributed by atoms with Crippen LogP contribution in [0.25, 0.3) is 0 Å². The maximum absolute atomic E-state index is 8.48. The van der Waals surface area contributed by atoms with Crippen molar-refractivity contribution in [3.05, 3.63) is 0 Å². The van der Waals surface area contributed by atoms with Gasteiger partial charge in [0.15, 0.2) is 0 Å². The van der Waals surface area contributed by atoms with Crippen molar-refractivity contribution in [3.8, 4) is 0 Å². The van der Waals surface area contributed by atoms with E-state index in [0.717, 1.165) is 0 Å². The number of hydrogen-bond acceptors (Lipinski definition) is 3. The first-order chi connectivity index (χ1) is 7.65. The molecule has 0 rings (SSSR count). The third-order valence-electron chi connectivity index (χ3n) is 2.46. The molecular weight excluding hydrogens is 269 g/mol. The zero-order valence-corrected chi connectivity index (χ0v) is 17.6. The molecule has 0 aromatic heterocycles. The Bertz CT molecular complexity index is 135. The van der Waals surface area contributed by atoms with Crippen LogP contribution in [0.3, 0.4) is 0 Å². The first-order valence-electron chi connectivity index (χ1n) is 6.46. The minimum Gasteiger partial charge on any atom is -0.598 e. The molecule has 0 aromatic carbocycles. The van der Waals surface area contributed by atoms with Gasteiger partial charge in [-0.1, -0.05) is 82.6 Å². The molecule has 0 amide bonds. The minimum absolute atomic E-state index is 0. The second-order valence-corrected chi connectivity index (χ2v) is 4.50. The molecule has 18 heavy (non-hydrogen) atoms. The second-order valence-electron chi connectivity index (χ2n) is 4.05. The van der Waals surface area contributed by atoms with Crippen LogP contribution >= 0.6 is 8.25 Å². The van der Waals surface area contributed by atoms with Gasteiger partial charge >= 0.3 is 59.1 Å². The van der Waals surface area contributed by atoms with Gasteiger partial charge in [0.05, 0.1) is 0 Å². The summed E-state index contributed by atoms with van der Waals surface area (Å²) in [5, 5.41) is 0. The van der Waals surface area contributed by atoms with Crippen LogP contribution in [0.5, 0.6) is 0 Å². The smallest absolute Gasteiger partial charge is 0.598 e. The first kappa shape index (κ1) is 28.2. The van der Waals surface area contributed by atoms with E-state index in [0.29, 0.717) is 0 Å². The Balaban J connectivity index is -0.000000143. The van der Waals surface area contributed by atoms with Crippen molar-refractivity contribution in [3.63, 3.8) is 0 Å². The molecule has 0 fully saturated rings. The topological polar surface area (TPSA) is 63.2 Å². The first-order valence-corrected chi connectivity index (χ1v) is 7.56. The molecule has 98 valence electrons. The molecule has 0 heterocycles. The summed E-state index contributed by atoms with van der Waals surface area (Å²) in [4.78, 5) is 17.0. The van der Waals surface area contributed by atoms with Gasteiger partial charge in [0.1, 0.15) is 0 Å². The average Bonchev–Trinajstić information content (AvgIpc) is 2.21. The fourth-order valence-electron chi connectivity index (χ4n) is 1.56. The molecule has 6 heteroatoms. The van der Waals surface area contributed by atoms with Crippen LogP contribution < -0.4 is 68.9 Å². The van der Waals surface area contributed by atoms with Gasteiger partial charge in [-0.15, -0.1) is 0 Å². The van der Waals surface area contributed by atoms with E-state index in [2.05, 4.69) is 13.8 Å². The molecule has 0 spiro atoms. The third-order valence-corrected chi connectivity index (χ3v) is 2.46. The Morgan fingerprint density at radius 2 is 0.833 bits per heavy atom. The molecule has 3 nitrogen and oxygen atoms in total. The average molecular weight is 295 g/mol. The fourth-order valence-corrected chi connectivity index (χ4v) is 1.56. The quantitative estimate of drug-likeness (QED) is 0.264. The Labute approximate surface area is 158 Å². The van der Waals surface area contributed by atoms with Gasteiger partial charge in [-0.2, -0.15) is 0 Å². The molecule has 0 atom stereocenters. The van der Waals surface area contributed by atoms with Crippen LogP contribution in [0.1, 0.15) is 78.1 Å². The van der Waals surface area contributed by atoms with Gasteiger partial charge < -0.3 is 9.79 Å². The van der Waals surface area contributed by atoms with E-state index in [9.17, 15) is 0 Å². The summed E-state index contributed by atoms with van der Waals surface area (Å²) in [6.45, 7) is 4.56. The minimum atomic E-state index is -3.37. The van der Waals surface area contributed by atoms with Crippen LogP contribution in [0.2, 0.25) is 0 Å². The molecule has 0 aromatic rings. The Hall–Kier alpha value is 2.02. The summed E-state index contributed by atoms with van der Waals surface area (Å²) < 4.78 is 8.48. The molecule has 0 aliphatic rings. The molecule has 0 N–H and O–H groups in total. The van der Waals surface area contributed by atoms with Crippen molar-refractivity contribution < 1.29 is 73.5 Å². The SMILES string of the molecule is CCCCCCCCCCCC.O=[P+]([O-])[O-].[Na+].[Na+]. The van der Waals surface area contributed by atoms with E-state index in [-0.39, 0.29) is 59.1 Å². The van der Waals surface area contributed by atoms with Crippen LogP contribution in [0.4, 0.5) is 0 Å². The maximum atomic E-state index is 8.48. The summed E-state index contributed by atoms with van der Waals surface area (Å²) >= 11 is 0. The molecule has 0 radical (unpaired) electrons. The van der Waals surface area contributed by atoms with Crippen molar-refractivity contribution in [1.82, 2.24) is 0 Å². The number of rotatable bonds is 9. The molecule has 0 aliphatic carbocycles. The van der Waals surface area contributed by atoms with Crippen LogP contribution in [0.15, 0.2) is 0 Å². The van der Waals surface area contributed by atoms with Crippen LogP contribution in [-0.4, -0.2) is 0 Å². The monoisotopic (exact) mass is 295 g/mol. The Morgan fingerprint density at radius 3 is 1.00 bits per heavy atom.